The van der Waals surface area contributed by atoms with Crippen LogP contribution in [0.5, 0.6) is 5.75 Å². The Bertz CT molecular complexity index is 350. The molecule has 0 saturated heterocycles. The van der Waals surface area contributed by atoms with Gasteiger partial charge < -0.3 is 14.8 Å². The first-order valence-corrected chi connectivity index (χ1v) is 6.61. The van der Waals surface area contributed by atoms with E-state index >= 15 is 0 Å². The Morgan fingerprint density at radius 1 is 1.11 bits per heavy atom. The number of hydrogen-bond acceptors (Lipinski definition) is 3. The highest BCUT2D eigenvalue weighted by atomic mass is 16.5. The smallest absolute Gasteiger partial charge is 0.122 e. The van der Waals surface area contributed by atoms with E-state index in [0.29, 0.717) is 19.3 Å². The van der Waals surface area contributed by atoms with Crippen molar-refractivity contribution in [2.75, 3.05) is 26.4 Å². The molecule has 0 aliphatic heterocycles. The quantitative estimate of drug-likeness (QED) is 0.721. The minimum absolute atomic E-state index is 0.514. The van der Waals surface area contributed by atoms with Crippen LogP contribution in [-0.4, -0.2) is 32.4 Å². The van der Waals surface area contributed by atoms with Gasteiger partial charge >= 0.3 is 0 Å². The van der Waals surface area contributed by atoms with Crippen LogP contribution in [0.25, 0.3) is 0 Å². The molecule has 0 aliphatic rings. The van der Waals surface area contributed by atoms with Gasteiger partial charge in [-0.1, -0.05) is 26.0 Å². The van der Waals surface area contributed by atoms with Crippen molar-refractivity contribution < 1.29 is 9.47 Å². The Labute approximate surface area is 110 Å². The second-order valence-electron chi connectivity index (χ2n) is 4.77. The predicted octanol–water partition coefficient (Wildman–Crippen LogP) is 2.70. The third kappa shape index (κ3) is 5.52. The normalized spacial score (nSPS) is 10.9. The number of ether oxygens (including phenoxy) is 2. The summed E-state index contributed by atoms with van der Waals surface area (Å²) < 4.78 is 11.2. The Kier molecular flexibility index (Phi) is 6.76. The first-order valence-electron chi connectivity index (χ1n) is 6.61. The van der Waals surface area contributed by atoms with Gasteiger partial charge in [-0.25, -0.2) is 0 Å². The summed E-state index contributed by atoms with van der Waals surface area (Å²) in [6.07, 6.45) is 0. The van der Waals surface area contributed by atoms with Crippen LogP contribution in [0.1, 0.15) is 25.0 Å². The Morgan fingerprint density at radius 2 is 1.89 bits per heavy atom. The molecule has 1 N–H and O–H groups in total. The molecular formula is C15H25NO2. The summed E-state index contributed by atoms with van der Waals surface area (Å²) in [7, 11) is 0. The van der Waals surface area contributed by atoms with Crippen LogP contribution >= 0.6 is 0 Å². The van der Waals surface area contributed by atoms with E-state index < -0.39 is 0 Å². The minimum Gasteiger partial charge on any atom is -0.491 e. The molecule has 3 heteroatoms. The maximum atomic E-state index is 5.70. The maximum Gasteiger partial charge on any atom is 0.122 e. The molecule has 0 radical (unpaired) electrons. The van der Waals surface area contributed by atoms with Crippen LogP contribution in [0, 0.1) is 13.8 Å². The molecule has 1 rings (SSSR count). The van der Waals surface area contributed by atoms with Gasteiger partial charge in [-0.15, -0.1) is 0 Å². The fourth-order valence-electron chi connectivity index (χ4n) is 1.61. The van der Waals surface area contributed by atoms with Gasteiger partial charge in [0.05, 0.1) is 13.2 Å². The molecule has 1 aromatic carbocycles. The van der Waals surface area contributed by atoms with E-state index in [0.717, 1.165) is 18.9 Å². The van der Waals surface area contributed by atoms with Gasteiger partial charge in [0.2, 0.25) is 0 Å². The lowest BCUT2D eigenvalue weighted by molar-refractivity contribution is 0.101. The van der Waals surface area contributed by atoms with Gasteiger partial charge in [-0.2, -0.15) is 0 Å². The summed E-state index contributed by atoms with van der Waals surface area (Å²) in [6, 6.07) is 6.63. The molecule has 0 heterocycles. The van der Waals surface area contributed by atoms with E-state index in [-0.39, 0.29) is 0 Å². The van der Waals surface area contributed by atoms with Gasteiger partial charge in [-0.05, 0) is 31.0 Å². The summed E-state index contributed by atoms with van der Waals surface area (Å²) >= 11 is 0. The maximum absolute atomic E-state index is 5.70. The number of rotatable bonds is 8. The zero-order chi connectivity index (χ0) is 13.4. The van der Waals surface area contributed by atoms with Crippen molar-refractivity contribution in [3.63, 3.8) is 0 Å². The average Bonchev–Trinajstić information content (AvgIpc) is 2.32. The highest BCUT2D eigenvalue weighted by Crippen LogP contribution is 2.20. The van der Waals surface area contributed by atoms with Crippen molar-refractivity contribution in [2.45, 2.75) is 33.7 Å². The first-order chi connectivity index (χ1) is 8.61. The zero-order valence-electron chi connectivity index (χ0n) is 12.0. The molecular weight excluding hydrogens is 226 g/mol. The van der Waals surface area contributed by atoms with Crippen molar-refractivity contribution in [2.24, 2.45) is 0 Å². The monoisotopic (exact) mass is 251 g/mol. The molecule has 3 nitrogen and oxygen atoms in total. The van der Waals surface area contributed by atoms with E-state index in [9.17, 15) is 0 Å². The molecule has 102 valence electrons. The van der Waals surface area contributed by atoms with Gasteiger partial charge in [0.25, 0.3) is 0 Å². The van der Waals surface area contributed by atoms with Crippen molar-refractivity contribution >= 4 is 0 Å². The van der Waals surface area contributed by atoms with Crippen molar-refractivity contribution in [3.8, 4) is 5.75 Å². The number of benzene rings is 1. The van der Waals surface area contributed by atoms with Crippen LogP contribution in [0.2, 0.25) is 0 Å². The second-order valence-corrected chi connectivity index (χ2v) is 4.77. The minimum atomic E-state index is 0.514. The van der Waals surface area contributed by atoms with E-state index in [4.69, 9.17) is 9.47 Å². The first kappa shape index (κ1) is 15.0. The summed E-state index contributed by atoms with van der Waals surface area (Å²) in [5, 5.41) is 3.30. The van der Waals surface area contributed by atoms with E-state index in [1.807, 2.05) is 12.1 Å². The van der Waals surface area contributed by atoms with E-state index in [1.54, 1.807) is 0 Å². The van der Waals surface area contributed by atoms with Crippen LogP contribution in [0.15, 0.2) is 18.2 Å². The van der Waals surface area contributed by atoms with Crippen LogP contribution in [-0.2, 0) is 4.74 Å². The topological polar surface area (TPSA) is 30.5 Å². The third-order valence-corrected chi connectivity index (χ3v) is 2.84. The lowest BCUT2D eigenvalue weighted by atomic mass is 10.1. The number of aryl methyl sites for hydroxylation is 1. The second kappa shape index (κ2) is 8.11. The van der Waals surface area contributed by atoms with Crippen LogP contribution in [0.3, 0.4) is 0 Å². The standard InChI is InChI=1S/C15H25NO2/c1-12(2)16-8-9-17-10-11-18-15-7-5-6-13(3)14(15)4/h5-7,12,16H,8-11H2,1-4H3. The summed E-state index contributed by atoms with van der Waals surface area (Å²) in [6.45, 7) is 11.3. The van der Waals surface area contributed by atoms with E-state index in [1.165, 1.54) is 11.1 Å². The third-order valence-electron chi connectivity index (χ3n) is 2.84. The van der Waals surface area contributed by atoms with Crippen LogP contribution in [0.4, 0.5) is 0 Å². The van der Waals surface area contributed by atoms with E-state index in [2.05, 4.69) is 39.1 Å². The Balaban J connectivity index is 2.13. The molecule has 1 aromatic rings. The molecule has 18 heavy (non-hydrogen) atoms. The predicted molar refractivity (Wildman–Crippen MR) is 75.4 cm³/mol. The van der Waals surface area contributed by atoms with Crippen molar-refractivity contribution in [1.29, 1.82) is 0 Å². The molecule has 0 spiro atoms. The number of nitrogens with one attached hydrogen (secondary N) is 1. The molecule has 0 aromatic heterocycles. The fourth-order valence-corrected chi connectivity index (χ4v) is 1.61. The lowest BCUT2D eigenvalue weighted by Gasteiger charge is -2.11. The molecule has 0 atom stereocenters. The summed E-state index contributed by atoms with van der Waals surface area (Å²) in [4.78, 5) is 0. The van der Waals surface area contributed by atoms with Gasteiger partial charge in [0.1, 0.15) is 12.4 Å². The lowest BCUT2D eigenvalue weighted by Crippen LogP contribution is -2.27. The highest BCUT2D eigenvalue weighted by molar-refractivity contribution is 5.38. The average molecular weight is 251 g/mol. The van der Waals surface area contributed by atoms with Gasteiger partial charge in [-0.3, -0.25) is 0 Å². The molecule has 0 amide bonds. The molecule has 0 unspecified atom stereocenters. The molecule has 0 fully saturated rings. The SMILES string of the molecule is Cc1cccc(OCCOCCNC(C)C)c1C. The Hall–Kier alpha value is -1.06. The zero-order valence-corrected chi connectivity index (χ0v) is 12.0. The summed E-state index contributed by atoms with van der Waals surface area (Å²) in [5.74, 6) is 0.957. The largest absolute Gasteiger partial charge is 0.491 e. The fraction of sp³-hybridized carbons (Fsp3) is 0.600. The number of hydrogen-bond donors (Lipinski definition) is 1. The van der Waals surface area contributed by atoms with Crippen molar-refractivity contribution in [1.82, 2.24) is 5.32 Å². The van der Waals surface area contributed by atoms with Crippen molar-refractivity contribution in [3.05, 3.63) is 29.3 Å². The Morgan fingerprint density at radius 3 is 2.61 bits per heavy atom. The molecule has 0 saturated carbocycles. The summed E-state index contributed by atoms with van der Waals surface area (Å²) in [5.41, 5.74) is 2.47. The molecule has 0 bridgehead atoms. The molecule has 0 aliphatic carbocycles. The van der Waals surface area contributed by atoms with Gasteiger partial charge in [0.15, 0.2) is 0 Å². The van der Waals surface area contributed by atoms with Gasteiger partial charge in [0, 0.05) is 12.6 Å². The highest BCUT2D eigenvalue weighted by Gasteiger charge is 2.01. The van der Waals surface area contributed by atoms with Crippen LogP contribution < -0.4 is 10.1 Å².